The van der Waals surface area contributed by atoms with Gasteiger partial charge in [-0.05, 0) is 76.8 Å². The van der Waals surface area contributed by atoms with Crippen LogP contribution in [0.15, 0.2) is 64.6 Å². The van der Waals surface area contributed by atoms with E-state index in [9.17, 15) is 14.4 Å². The molecule has 0 aromatic heterocycles. The molecule has 1 aliphatic heterocycles. The predicted molar refractivity (Wildman–Crippen MR) is 141 cm³/mol. The number of aryl methyl sites for hydroxylation is 2. The number of urea groups is 1. The van der Waals surface area contributed by atoms with Crippen molar-refractivity contribution in [2.24, 2.45) is 0 Å². The van der Waals surface area contributed by atoms with Gasteiger partial charge in [0, 0.05) is 5.02 Å². The molecule has 36 heavy (non-hydrogen) atoms. The highest BCUT2D eigenvalue weighted by molar-refractivity contribution is 9.10. The Morgan fingerprint density at radius 1 is 1.03 bits per heavy atom. The summed E-state index contributed by atoms with van der Waals surface area (Å²) < 4.78 is 12.0. The van der Waals surface area contributed by atoms with Crippen molar-refractivity contribution in [2.45, 2.75) is 20.5 Å². The highest BCUT2D eigenvalue weighted by Gasteiger charge is 2.37. The molecular formula is C27H22BrClN2O5. The molecular weight excluding hydrogens is 548 g/mol. The fourth-order valence-corrected chi connectivity index (χ4v) is 4.33. The first-order valence-electron chi connectivity index (χ1n) is 10.9. The lowest BCUT2D eigenvalue weighted by molar-refractivity contribution is -0.122. The molecule has 1 aliphatic rings. The Labute approximate surface area is 221 Å². The van der Waals surface area contributed by atoms with Crippen LogP contribution in [0.4, 0.5) is 10.5 Å². The first-order valence-corrected chi connectivity index (χ1v) is 12.1. The van der Waals surface area contributed by atoms with E-state index in [0.717, 1.165) is 21.6 Å². The van der Waals surface area contributed by atoms with Crippen LogP contribution in [0.2, 0.25) is 5.02 Å². The Hall–Kier alpha value is -3.62. The minimum absolute atomic E-state index is 0.214. The molecule has 0 saturated carbocycles. The summed E-state index contributed by atoms with van der Waals surface area (Å²) in [6.45, 7) is 4.14. The van der Waals surface area contributed by atoms with Crippen LogP contribution in [0.3, 0.4) is 0 Å². The number of hydrogen-bond acceptors (Lipinski definition) is 5. The Morgan fingerprint density at radius 3 is 2.42 bits per heavy atom. The Morgan fingerprint density at radius 2 is 1.75 bits per heavy atom. The number of nitrogens with one attached hydrogen (secondary N) is 1. The largest absolute Gasteiger partial charge is 0.493 e. The fraction of sp³-hybridized carbons (Fsp3) is 0.148. The number of hydrogen-bond donors (Lipinski definition) is 1. The molecule has 4 rings (SSSR count). The van der Waals surface area contributed by atoms with Crippen LogP contribution in [0, 0.1) is 13.8 Å². The number of rotatable bonds is 6. The molecule has 0 radical (unpaired) electrons. The highest BCUT2D eigenvalue weighted by atomic mass is 79.9. The van der Waals surface area contributed by atoms with Gasteiger partial charge < -0.3 is 9.47 Å². The minimum atomic E-state index is -0.847. The molecule has 1 N–H and O–H groups in total. The van der Waals surface area contributed by atoms with Crippen molar-refractivity contribution in [1.82, 2.24) is 5.32 Å². The van der Waals surface area contributed by atoms with E-state index in [-0.39, 0.29) is 11.3 Å². The number of imide groups is 2. The zero-order valence-corrected chi connectivity index (χ0v) is 22.1. The molecule has 7 nitrogen and oxygen atoms in total. The van der Waals surface area contributed by atoms with E-state index >= 15 is 0 Å². The van der Waals surface area contributed by atoms with Crippen molar-refractivity contribution < 1.29 is 23.9 Å². The predicted octanol–water partition coefficient (Wildman–Crippen LogP) is 5.97. The summed E-state index contributed by atoms with van der Waals surface area (Å²) in [6.07, 6.45) is 1.39. The van der Waals surface area contributed by atoms with Crippen LogP contribution >= 0.6 is 27.5 Å². The quantitative estimate of drug-likeness (QED) is 0.292. The lowest BCUT2D eigenvalue weighted by Crippen LogP contribution is -2.54. The van der Waals surface area contributed by atoms with Crippen molar-refractivity contribution in [3.8, 4) is 11.5 Å². The normalized spacial score (nSPS) is 14.8. The molecule has 0 spiro atoms. The second-order valence-corrected chi connectivity index (χ2v) is 9.46. The lowest BCUT2D eigenvalue weighted by atomic mass is 10.1. The van der Waals surface area contributed by atoms with Crippen LogP contribution in [-0.2, 0) is 16.2 Å². The second-order valence-electron chi connectivity index (χ2n) is 8.20. The Kier molecular flexibility index (Phi) is 7.47. The molecule has 1 saturated heterocycles. The number of halogens is 2. The smallest absolute Gasteiger partial charge is 0.335 e. The van der Waals surface area contributed by atoms with Crippen molar-refractivity contribution in [3.63, 3.8) is 0 Å². The third-order valence-corrected chi connectivity index (χ3v) is 6.58. The highest BCUT2D eigenvalue weighted by Crippen LogP contribution is 2.38. The SMILES string of the molecule is COc1cc(/C=C2/C(=O)NC(=O)N(c3ccc(C)c(Cl)c3)C2=O)cc(Br)c1OCc1ccc(C)cc1. The van der Waals surface area contributed by atoms with Gasteiger partial charge in [0.1, 0.15) is 12.2 Å². The summed E-state index contributed by atoms with van der Waals surface area (Å²) in [4.78, 5) is 39.1. The summed E-state index contributed by atoms with van der Waals surface area (Å²) in [5.74, 6) is -0.677. The summed E-state index contributed by atoms with van der Waals surface area (Å²) in [5, 5.41) is 2.60. The zero-order chi connectivity index (χ0) is 26.0. The minimum Gasteiger partial charge on any atom is -0.493 e. The lowest BCUT2D eigenvalue weighted by Gasteiger charge is -2.26. The number of barbiturate groups is 1. The van der Waals surface area contributed by atoms with E-state index in [4.69, 9.17) is 21.1 Å². The average Bonchev–Trinajstić information content (AvgIpc) is 2.84. The number of ether oxygens (including phenoxy) is 2. The van der Waals surface area contributed by atoms with E-state index in [0.29, 0.717) is 33.2 Å². The van der Waals surface area contributed by atoms with Gasteiger partial charge in [0.05, 0.1) is 17.3 Å². The number of carbonyl (C=O) groups is 3. The summed E-state index contributed by atoms with van der Waals surface area (Å²) in [7, 11) is 1.50. The molecule has 3 aromatic carbocycles. The van der Waals surface area contributed by atoms with Crippen molar-refractivity contribution in [3.05, 3.63) is 91.9 Å². The van der Waals surface area contributed by atoms with Gasteiger partial charge in [-0.15, -0.1) is 0 Å². The van der Waals surface area contributed by atoms with E-state index in [1.165, 1.54) is 19.3 Å². The van der Waals surface area contributed by atoms with Gasteiger partial charge in [0.2, 0.25) is 0 Å². The number of amides is 4. The Balaban J connectivity index is 1.64. The molecule has 9 heteroatoms. The molecule has 184 valence electrons. The van der Waals surface area contributed by atoms with Crippen LogP contribution in [0.1, 0.15) is 22.3 Å². The summed E-state index contributed by atoms with van der Waals surface area (Å²) >= 11 is 9.67. The van der Waals surface area contributed by atoms with Crippen molar-refractivity contribution in [2.75, 3.05) is 12.0 Å². The van der Waals surface area contributed by atoms with Gasteiger partial charge in [-0.3, -0.25) is 14.9 Å². The molecule has 0 aliphatic carbocycles. The number of benzene rings is 3. The number of methoxy groups -OCH3 is 1. The van der Waals surface area contributed by atoms with Gasteiger partial charge in [-0.2, -0.15) is 0 Å². The molecule has 0 atom stereocenters. The van der Waals surface area contributed by atoms with E-state index in [1.54, 1.807) is 31.2 Å². The van der Waals surface area contributed by atoms with Crippen LogP contribution in [-0.4, -0.2) is 25.0 Å². The molecule has 0 bridgehead atoms. The molecule has 3 aromatic rings. The van der Waals surface area contributed by atoms with Crippen molar-refractivity contribution in [1.29, 1.82) is 0 Å². The van der Waals surface area contributed by atoms with Gasteiger partial charge >= 0.3 is 6.03 Å². The maximum absolute atomic E-state index is 13.2. The third kappa shape index (κ3) is 5.29. The molecule has 1 heterocycles. The van der Waals surface area contributed by atoms with Gasteiger partial charge in [0.25, 0.3) is 11.8 Å². The Bertz CT molecular complexity index is 1400. The number of nitrogens with zero attached hydrogens (tertiary/aromatic N) is 1. The van der Waals surface area contributed by atoms with Gasteiger partial charge in [0.15, 0.2) is 11.5 Å². The summed E-state index contributed by atoms with van der Waals surface area (Å²) in [5.41, 5.74) is 3.47. The molecule has 0 unspecified atom stereocenters. The standard InChI is InChI=1S/C27H22BrClN2O5/c1-15-4-7-17(8-5-15)14-36-24-21(28)11-18(12-23(24)35-3)10-20-25(32)30-27(34)31(26(20)33)19-9-6-16(2)22(29)13-19/h4-13H,14H2,1-3H3,(H,30,32,34)/b20-10-. The van der Waals surface area contributed by atoms with Gasteiger partial charge in [-0.25, -0.2) is 9.69 Å². The number of anilines is 1. The summed E-state index contributed by atoms with van der Waals surface area (Å²) in [6, 6.07) is 15.3. The molecule has 1 fully saturated rings. The van der Waals surface area contributed by atoms with Crippen LogP contribution in [0.25, 0.3) is 6.08 Å². The third-order valence-electron chi connectivity index (χ3n) is 5.58. The second kappa shape index (κ2) is 10.6. The van der Waals surface area contributed by atoms with Crippen LogP contribution < -0.4 is 19.7 Å². The van der Waals surface area contributed by atoms with E-state index in [2.05, 4.69) is 21.2 Å². The molecule has 4 amide bonds. The van der Waals surface area contributed by atoms with Crippen LogP contribution in [0.5, 0.6) is 11.5 Å². The first kappa shape index (κ1) is 25.5. The number of carbonyl (C=O) groups excluding carboxylic acids is 3. The van der Waals surface area contributed by atoms with Gasteiger partial charge in [-0.1, -0.05) is 47.5 Å². The van der Waals surface area contributed by atoms with E-state index in [1.807, 2.05) is 31.2 Å². The average molecular weight is 570 g/mol. The zero-order valence-electron chi connectivity index (χ0n) is 19.7. The first-order chi connectivity index (χ1) is 17.2. The monoisotopic (exact) mass is 568 g/mol. The fourth-order valence-electron chi connectivity index (χ4n) is 3.58. The van der Waals surface area contributed by atoms with Crippen molar-refractivity contribution >= 4 is 57.1 Å². The maximum atomic E-state index is 13.2. The van der Waals surface area contributed by atoms with E-state index < -0.39 is 17.8 Å². The topological polar surface area (TPSA) is 84.9 Å². The maximum Gasteiger partial charge on any atom is 0.335 e.